The highest BCUT2D eigenvalue weighted by molar-refractivity contribution is 7.89. The Morgan fingerprint density at radius 1 is 1.14 bits per heavy atom. The van der Waals surface area contributed by atoms with Gasteiger partial charge in [0.15, 0.2) is 6.61 Å². The minimum Gasteiger partial charge on any atom is -0.495 e. The van der Waals surface area contributed by atoms with Crippen LogP contribution in [0.5, 0.6) is 5.75 Å². The van der Waals surface area contributed by atoms with Crippen LogP contribution < -0.4 is 15.8 Å². The second-order valence-electron chi connectivity index (χ2n) is 6.17. The zero-order valence-corrected chi connectivity index (χ0v) is 16.3. The number of urea groups is 1. The van der Waals surface area contributed by atoms with Gasteiger partial charge in [-0.15, -0.1) is 0 Å². The van der Waals surface area contributed by atoms with Gasteiger partial charge in [0, 0.05) is 13.1 Å². The smallest absolute Gasteiger partial charge is 0.338 e. The first-order valence-electron chi connectivity index (χ1n) is 8.70. The molecule has 1 fully saturated rings. The van der Waals surface area contributed by atoms with Gasteiger partial charge in [0.25, 0.3) is 5.91 Å². The number of ether oxygens (including phenoxy) is 2. The monoisotopic (exact) mass is 413 g/mol. The Labute approximate surface area is 163 Å². The fourth-order valence-electron chi connectivity index (χ4n) is 2.81. The molecule has 0 atom stereocenters. The van der Waals surface area contributed by atoms with Crippen LogP contribution in [-0.2, 0) is 19.6 Å². The van der Waals surface area contributed by atoms with Crippen LogP contribution in [0.2, 0.25) is 0 Å². The number of nitrogens with two attached hydrogens (primary N) is 1. The molecule has 1 heterocycles. The fourth-order valence-corrected chi connectivity index (χ4v) is 4.51. The van der Waals surface area contributed by atoms with Crippen LogP contribution in [0.4, 0.5) is 4.79 Å². The molecule has 1 aliphatic rings. The van der Waals surface area contributed by atoms with Gasteiger partial charge >= 0.3 is 12.0 Å². The second kappa shape index (κ2) is 9.51. The van der Waals surface area contributed by atoms with Gasteiger partial charge in [-0.25, -0.2) is 18.0 Å². The minimum absolute atomic E-state index is 0.0685. The number of hydrogen-bond acceptors (Lipinski definition) is 7. The lowest BCUT2D eigenvalue weighted by atomic mass is 10.2. The number of benzene rings is 1. The Hall–Kier alpha value is -2.66. The minimum atomic E-state index is -3.87. The maximum atomic E-state index is 13.1. The molecule has 154 valence electrons. The summed E-state index contributed by atoms with van der Waals surface area (Å²) >= 11 is 0. The quantitative estimate of drug-likeness (QED) is 0.650. The van der Waals surface area contributed by atoms with E-state index in [1.165, 1.54) is 23.5 Å². The Balaban J connectivity index is 2.24. The third-order valence-corrected chi connectivity index (χ3v) is 6.10. The van der Waals surface area contributed by atoms with E-state index in [-0.39, 0.29) is 16.2 Å². The van der Waals surface area contributed by atoms with Crippen molar-refractivity contribution in [2.24, 2.45) is 5.73 Å². The summed E-state index contributed by atoms with van der Waals surface area (Å²) < 4.78 is 37.4. The van der Waals surface area contributed by atoms with E-state index in [2.05, 4.69) is 0 Å². The number of nitrogens with zero attached hydrogens (tertiary/aromatic N) is 1. The van der Waals surface area contributed by atoms with Gasteiger partial charge in [-0.1, -0.05) is 12.8 Å². The van der Waals surface area contributed by atoms with Gasteiger partial charge in [-0.3, -0.25) is 10.1 Å². The van der Waals surface area contributed by atoms with Crippen molar-refractivity contribution in [3.05, 3.63) is 23.8 Å². The lowest BCUT2D eigenvalue weighted by molar-refractivity contribution is -0.123. The summed E-state index contributed by atoms with van der Waals surface area (Å²) in [4.78, 5) is 34.0. The number of primary amides is 1. The number of carbonyl (C=O) groups is 3. The van der Waals surface area contributed by atoms with E-state index in [9.17, 15) is 22.8 Å². The predicted octanol–water partition coefficient (Wildman–Crippen LogP) is 0.612. The van der Waals surface area contributed by atoms with E-state index in [1.807, 2.05) is 0 Å². The van der Waals surface area contributed by atoms with E-state index in [1.54, 1.807) is 5.32 Å². The number of carbonyl (C=O) groups excluding carboxylic acids is 3. The molecule has 0 unspecified atom stereocenters. The first kappa shape index (κ1) is 21.6. The summed E-state index contributed by atoms with van der Waals surface area (Å²) in [6, 6.07) is 2.77. The molecule has 1 aliphatic heterocycles. The van der Waals surface area contributed by atoms with Gasteiger partial charge in [0.1, 0.15) is 10.6 Å². The second-order valence-corrected chi connectivity index (χ2v) is 8.08. The third kappa shape index (κ3) is 5.42. The largest absolute Gasteiger partial charge is 0.495 e. The van der Waals surface area contributed by atoms with Crippen LogP contribution in [0.3, 0.4) is 0 Å². The number of nitrogens with one attached hydrogen (secondary N) is 1. The van der Waals surface area contributed by atoms with Gasteiger partial charge in [0.2, 0.25) is 10.0 Å². The highest BCUT2D eigenvalue weighted by Crippen LogP contribution is 2.29. The van der Waals surface area contributed by atoms with Crippen molar-refractivity contribution >= 4 is 27.9 Å². The Morgan fingerprint density at radius 3 is 2.36 bits per heavy atom. The number of esters is 1. The number of sulfonamides is 1. The van der Waals surface area contributed by atoms with Gasteiger partial charge in [-0.05, 0) is 31.0 Å². The molecule has 1 aromatic rings. The molecule has 0 saturated carbocycles. The van der Waals surface area contributed by atoms with Crippen molar-refractivity contribution in [3.8, 4) is 5.75 Å². The fraction of sp³-hybridized carbons (Fsp3) is 0.471. The molecular weight excluding hydrogens is 390 g/mol. The first-order chi connectivity index (χ1) is 13.3. The number of amides is 3. The van der Waals surface area contributed by atoms with Gasteiger partial charge in [-0.2, -0.15) is 4.31 Å². The van der Waals surface area contributed by atoms with E-state index in [0.29, 0.717) is 13.1 Å². The van der Waals surface area contributed by atoms with Crippen molar-refractivity contribution < 1.29 is 32.3 Å². The standard InChI is InChI=1S/C17H23N3O7S/c1-26-13-7-6-12(16(22)27-11-15(21)19-17(18)23)10-14(13)28(24,25)20-8-4-2-3-5-9-20/h6-7,10H,2-5,8-9,11H2,1H3,(H3,18,19,21,23). The van der Waals surface area contributed by atoms with Crippen LogP contribution in [0.1, 0.15) is 36.0 Å². The zero-order chi connectivity index (χ0) is 20.7. The summed E-state index contributed by atoms with van der Waals surface area (Å²) in [5.74, 6) is -1.71. The molecule has 0 radical (unpaired) electrons. The van der Waals surface area contributed by atoms with E-state index < -0.39 is 34.5 Å². The molecule has 10 nitrogen and oxygen atoms in total. The molecule has 0 aromatic heterocycles. The highest BCUT2D eigenvalue weighted by atomic mass is 32.2. The Morgan fingerprint density at radius 2 is 1.79 bits per heavy atom. The molecule has 11 heteroatoms. The van der Waals surface area contributed by atoms with Crippen molar-refractivity contribution in [2.75, 3.05) is 26.8 Å². The average Bonchev–Trinajstić information content (AvgIpc) is 2.95. The van der Waals surface area contributed by atoms with Crippen LogP contribution in [-0.4, -0.2) is 57.4 Å². The normalized spacial score (nSPS) is 15.3. The summed E-state index contributed by atoms with van der Waals surface area (Å²) in [6.45, 7) is 0.0584. The number of methoxy groups -OCH3 is 1. The summed E-state index contributed by atoms with van der Waals surface area (Å²) in [7, 11) is -2.53. The summed E-state index contributed by atoms with van der Waals surface area (Å²) in [5, 5.41) is 1.75. The first-order valence-corrected chi connectivity index (χ1v) is 10.1. The van der Waals surface area contributed by atoms with Crippen molar-refractivity contribution in [1.29, 1.82) is 0 Å². The Bertz CT molecular complexity index is 846. The van der Waals surface area contributed by atoms with E-state index >= 15 is 0 Å². The van der Waals surface area contributed by atoms with Gasteiger partial charge < -0.3 is 15.2 Å². The van der Waals surface area contributed by atoms with Crippen molar-refractivity contribution in [2.45, 2.75) is 30.6 Å². The van der Waals surface area contributed by atoms with Crippen LogP contribution in [0, 0.1) is 0 Å². The molecule has 3 N–H and O–H groups in total. The van der Waals surface area contributed by atoms with Crippen molar-refractivity contribution in [3.63, 3.8) is 0 Å². The maximum Gasteiger partial charge on any atom is 0.338 e. The maximum absolute atomic E-state index is 13.1. The number of hydrogen-bond donors (Lipinski definition) is 2. The molecule has 3 amide bonds. The average molecular weight is 413 g/mol. The molecule has 1 aromatic carbocycles. The highest BCUT2D eigenvalue weighted by Gasteiger charge is 2.29. The number of rotatable bonds is 6. The van der Waals surface area contributed by atoms with Crippen LogP contribution in [0.15, 0.2) is 23.1 Å². The number of imide groups is 1. The molecule has 0 bridgehead atoms. The summed E-state index contributed by atoms with van der Waals surface area (Å²) in [5.41, 5.74) is 4.73. The van der Waals surface area contributed by atoms with E-state index in [0.717, 1.165) is 31.7 Å². The Kier molecular flexibility index (Phi) is 7.35. The topological polar surface area (TPSA) is 145 Å². The summed E-state index contributed by atoms with van der Waals surface area (Å²) in [6.07, 6.45) is 3.45. The SMILES string of the molecule is COc1ccc(C(=O)OCC(=O)NC(N)=O)cc1S(=O)(=O)N1CCCCCC1. The molecule has 1 saturated heterocycles. The predicted molar refractivity (Wildman–Crippen MR) is 98.2 cm³/mol. The van der Waals surface area contributed by atoms with E-state index in [4.69, 9.17) is 15.2 Å². The molecule has 0 aliphatic carbocycles. The lowest BCUT2D eigenvalue weighted by Crippen LogP contribution is -2.37. The van der Waals surface area contributed by atoms with Crippen LogP contribution >= 0.6 is 0 Å². The lowest BCUT2D eigenvalue weighted by Gasteiger charge is -2.21. The third-order valence-electron chi connectivity index (χ3n) is 4.18. The zero-order valence-electron chi connectivity index (χ0n) is 15.5. The van der Waals surface area contributed by atoms with Gasteiger partial charge in [0.05, 0.1) is 12.7 Å². The van der Waals surface area contributed by atoms with Crippen molar-refractivity contribution in [1.82, 2.24) is 9.62 Å². The molecular formula is C17H23N3O7S. The molecule has 28 heavy (non-hydrogen) atoms. The molecule has 2 rings (SSSR count). The van der Waals surface area contributed by atoms with Crippen LogP contribution in [0.25, 0.3) is 0 Å². The molecule has 0 spiro atoms.